The van der Waals surface area contributed by atoms with Crippen molar-refractivity contribution in [1.29, 1.82) is 0 Å². The van der Waals surface area contributed by atoms with Gasteiger partial charge in [-0.1, -0.05) is 19.3 Å². The van der Waals surface area contributed by atoms with E-state index in [4.69, 9.17) is 9.84 Å². The number of aliphatic hydroxyl groups is 1. The maximum Gasteiger partial charge on any atom is 0.191 e. The van der Waals surface area contributed by atoms with Crippen LogP contribution in [0.5, 0.6) is 0 Å². The topological polar surface area (TPSA) is 65.9 Å². The quantitative estimate of drug-likeness (QED) is 0.515. The average Bonchev–Trinajstić information content (AvgIpc) is 2.52. The van der Waals surface area contributed by atoms with Gasteiger partial charge in [0.25, 0.3) is 0 Å². The van der Waals surface area contributed by atoms with Gasteiger partial charge in [-0.3, -0.25) is 4.99 Å². The van der Waals surface area contributed by atoms with Crippen molar-refractivity contribution in [2.45, 2.75) is 64.5 Å². The molecule has 0 amide bonds. The minimum Gasteiger partial charge on any atom is -0.394 e. The van der Waals surface area contributed by atoms with Crippen LogP contribution in [0.25, 0.3) is 0 Å². The van der Waals surface area contributed by atoms with Crippen LogP contribution >= 0.6 is 0 Å². The Balaban J connectivity index is 2.00. The van der Waals surface area contributed by atoms with Crippen molar-refractivity contribution in [2.75, 3.05) is 26.3 Å². The Labute approximate surface area is 128 Å². The number of nitrogens with one attached hydrogen (secondary N) is 2. The molecule has 0 aromatic heterocycles. The average molecular weight is 297 g/mol. The number of ether oxygens (including phenoxy) is 1. The summed E-state index contributed by atoms with van der Waals surface area (Å²) in [6.45, 7) is 6.34. The molecule has 2 unspecified atom stereocenters. The first kappa shape index (κ1) is 16.6. The van der Waals surface area contributed by atoms with Crippen molar-refractivity contribution in [3.8, 4) is 0 Å². The molecule has 1 spiro atoms. The SMILES string of the molecule is CCNC(=NCCO)NC1CC(OCC)C12CCCCC2. The van der Waals surface area contributed by atoms with E-state index in [0.717, 1.165) is 25.5 Å². The molecule has 2 fully saturated rings. The lowest BCUT2D eigenvalue weighted by atomic mass is 9.55. The van der Waals surface area contributed by atoms with Gasteiger partial charge in [-0.05, 0) is 33.1 Å². The van der Waals surface area contributed by atoms with Gasteiger partial charge in [-0.25, -0.2) is 0 Å². The third-order valence-corrected chi connectivity index (χ3v) is 4.96. The van der Waals surface area contributed by atoms with E-state index in [-0.39, 0.29) is 6.61 Å². The molecule has 0 bridgehead atoms. The minimum absolute atomic E-state index is 0.0912. The summed E-state index contributed by atoms with van der Waals surface area (Å²) in [5, 5.41) is 15.8. The molecule has 0 radical (unpaired) electrons. The van der Waals surface area contributed by atoms with Gasteiger partial charge in [0.05, 0.1) is 19.3 Å². The molecule has 5 heteroatoms. The number of hydrogen-bond donors (Lipinski definition) is 3. The minimum atomic E-state index is 0.0912. The molecule has 2 aliphatic rings. The van der Waals surface area contributed by atoms with E-state index >= 15 is 0 Å². The lowest BCUT2D eigenvalue weighted by Crippen LogP contribution is -2.66. The molecule has 5 nitrogen and oxygen atoms in total. The fourth-order valence-electron chi connectivity index (χ4n) is 3.91. The molecule has 2 aliphatic carbocycles. The number of hydrogen-bond acceptors (Lipinski definition) is 3. The smallest absolute Gasteiger partial charge is 0.191 e. The van der Waals surface area contributed by atoms with Gasteiger partial charge in [0.2, 0.25) is 0 Å². The maximum absolute atomic E-state index is 8.96. The molecular formula is C16H31N3O2. The highest BCUT2D eigenvalue weighted by atomic mass is 16.5. The fraction of sp³-hybridized carbons (Fsp3) is 0.938. The highest BCUT2D eigenvalue weighted by molar-refractivity contribution is 5.80. The zero-order valence-corrected chi connectivity index (χ0v) is 13.5. The van der Waals surface area contributed by atoms with E-state index in [1.54, 1.807) is 0 Å². The summed E-state index contributed by atoms with van der Waals surface area (Å²) in [7, 11) is 0. The Hall–Kier alpha value is -0.810. The largest absolute Gasteiger partial charge is 0.394 e. The van der Waals surface area contributed by atoms with Crippen LogP contribution < -0.4 is 10.6 Å². The van der Waals surface area contributed by atoms with E-state index in [1.165, 1.54) is 32.1 Å². The lowest BCUT2D eigenvalue weighted by molar-refractivity contribution is -0.145. The van der Waals surface area contributed by atoms with Gasteiger partial charge >= 0.3 is 0 Å². The second-order valence-corrected chi connectivity index (χ2v) is 6.15. The van der Waals surface area contributed by atoms with Crippen LogP contribution in [0.15, 0.2) is 4.99 Å². The second kappa shape index (κ2) is 7.99. The fourth-order valence-corrected chi connectivity index (χ4v) is 3.91. The molecule has 2 rings (SSSR count). The Bertz CT molecular complexity index is 340. The highest BCUT2D eigenvalue weighted by Gasteiger charge is 2.55. The van der Waals surface area contributed by atoms with Gasteiger partial charge in [0.15, 0.2) is 5.96 Å². The van der Waals surface area contributed by atoms with Crippen LogP contribution in [-0.4, -0.2) is 49.5 Å². The molecule has 0 aromatic rings. The Kier molecular flexibility index (Phi) is 6.30. The van der Waals surface area contributed by atoms with Crippen molar-refractivity contribution >= 4 is 5.96 Å². The van der Waals surface area contributed by atoms with Gasteiger partial charge < -0.3 is 20.5 Å². The van der Waals surface area contributed by atoms with Gasteiger partial charge in [0, 0.05) is 24.6 Å². The Morgan fingerprint density at radius 2 is 2.05 bits per heavy atom. The van der Waals surface area contributed by atoms with Crippen LogP contribution in [0.4, 0.5) is 0 Å². The summed E-state index contributed by atoms with van der Waals surface area (Å²) in [5.74, 6) is 0.830. The number of aliphatic imine (C=N–C) groups is 1. The molecule has 0 saturated heterocycles. The first-order valence-electron chi connectivity index (χ1n) is 8.54. The third-order valence-electron chi connectivity index (χ3n) is 4.96. The highest BCUT2D eigenvalue weighted by Crippen LogP contribution is 2.53. The predicted octanol–water partition coefficient (Wildman–Crippen LogP) is 1.66. The Morgan fingerprint density at radius 3 is 2.67 bits per heavy atom. The monoisotopic (exact) mass is 297 g/mol. The standard InChI is InChI=1S/C16H31N3O2/c1-3-17-15(18-10-11-20)19-13-12-14(21-4-2)16(13)8-6-5-7-9-16/h13-14,20H,3-12H2,1-2H3,(H2,17,18,19). The molecular weight excluding hydrogens is 266 g/mol. The van der Waals surface area contributed by atoms with Crippen LogP contribution in [-0.2, 0) is 4.74 Å². The van der Waals surface area contributed by atoms with E-state index in [2.05, 4.69) is 29.5 Å². The number of nitrogens with zero attached hydrogens (tertiary/aromatic N) is 1. The summed E-state index contributed by atoms with van der Waals surface area (Å²) >= 11 is 0. The van der Waals surface area contributed by atoms with E-state index < -0.39 is 0 Å². The van der Waals surface area contributed by atoms with Crippen molar-refractivity contribution in [1.82, 2.24) is 10.6 Å². The maximum atomic E-state index is 8.96. The molecule has 0 aromatic carbocycles. The van der Waals surface area contributed by atoms with Crippen LogP contribution in [0.2, 0.25) is 0 Å². The normalized spacial score (nSPS) is 28.2. The summed E-state index contributed by atoms with van der Waals surface area (Å²) in [5.41, 5.74) is 0.295. The summed E-state index contributed by atoms with van der Waals surface area (Å²) < 4.78 is 5.98. The predicted molar refractivity (Wildman–Crippen MR) is 85.5 cm³/mol. The number of aliphatic hydroxyl groups excluding tert-OH is 1. The number of guanidine groups is 1. The van der Waals surface area contributed by atoms with E-state index in [0.29, 0.717) is 24.1 Å². The van der Waals surface area contributed by atoms with Crippen LogP contribution in [0.1, 0.15) is 52.4 Å². The van der Waals surface area contributed by atoms with Crippen molar-refractivity contribution in [3.05, 3.63) is 0 Å². The molecule has 2 saturated carbocycles. The molecule has 2 atom stereocenters. The summed E-state index contributed by atoms with van der Waals surface area (Å²) in [6, 6.07) is 0.450. The molecule has 0 aliphatic heterocycles. The van der Waals surface area contributed by atoms with Crippen LogP contribution in [0, 0.1) is 5.41 Å². The summed E-state index contributed by atoms with van der Waals surface area (Å²) in [4.78, 5) is 4.41. The molecule has 21 heavy (non-hydrogen) atoms. The second-order valence-electron chi connectivity index (χ2n) is 6.15. The van der Waals surface area contributed by atoms with Crippen molar-refractivity contribution in [3.63, 3.8) is 0 Å². The third kappa shape index (κ3) is 3.69. The molecule has 0 heterocycles. The van der Waals surface area contributed by atoms with Gasteiger partial charge in [-0.15, -0.1) is 0 Å². The Morgan fingerprint density at radius 1 is 1.29 bits per heavy atom. The first-order chi connectivity index (χ1) is 10.3. The van der Waals surface area contributed by atoms with Crippen LogP contribution in [0.3, 0.4) is 0 Å². The van der Waals surface area contributed by atoms with Crippen molar-refractivity contribution < 1.29 is 9.84 Å². The summed E-state index contributed by atoms with van der Waals surface area (Å²) in [6.07, 6.45) is 7.96. The zero-order chi connectivity index (χ0) is 15.1. The van der Waals surface area contributed by atoms with Gasteiger partial charge in [0.1, 0.15) is 0 Å². The zero-order valence-electron chi connectivity index (χ0n) is 13.5. The van der Waals surface area contributed by atoms with E-state index in [1.807, 2.05) is 0 Å². The van der Waals surface area contributed by atoms with E-state index in [9.17, 15) is 0 Å². The lowest BCUT2D eigenvalue weighted by Gasteiger charge is -2.58. The number of rotatable bonds is 6. The van der Waals surface area contributed by atoms with Gasteiger partial charge in [-0.2, -0.15) is 0 Å². The molecule has 122 valence electrons. The molecule has 3 N–H and O–H groups in total. The van der Waals surface area contributed by atoms with Crippen molar-refractivity contribution in [2.24, 2.45) is 10.4 Å². The first-order valence-corrected chi connectivity index (χ1v) is 8.54.